The van der Waals surface area contributed by atoms with Crippen LogP contribution in [0.15, 0.2) is 67.0 Å². The van der Waals surface area contributed by atoms with Crippen molar-refractivity contribution in [1.82, 2.24) is 20.1 Å². The summed E-state index contributed by atoms with van der Waals surface area (Å²) >= 11 is 0. The molecule has 0 unspecified atom stereocenters. The van der Waals surface area contributed by atoms with Crippen LogP contribution in [-0.2, 0) is 11.3 Å². The molecule has 3 aromatic rings. The van der Waals surface area contributed by atoms with Crippen LogP contribution in [0.1, 0.15) is 43.0 Å². The number of benzene rings is 1. The minimum Gasteiger partial charge on any atom is -0.347 e. The molecule has 142 valence electrons. The van der Waals surface area contributed by atoms with Gasteiger partial charge in [0.2, 0.25) is 5.91 Å². The molecule has 0 aliphatic heterocycles. The first-order valence-corrected chi connectivity index (χ1v) is 9.79. The fourth-order valence-corrected chi connectivity index (χ4v) is 3.67. The van der Waals surface area contributed by atoms with Crippen molar-refractivity contribution < 1.29 is 4.79 Å². The van der Waals surface area contributed by atoms with Crippen molar-refractivity contribution in [3.8, 4) is 11.3 Å². The molecule has 0 atom stereocenters. The SMILES string of the molecule is O=C(C=Cc1ccccc1)NCc1cc(-c2ccncc2)n(C2CCCC2)n1. The van der Waals surface area contributed by atoms with Gasteiger partial charge in [0, 0.05) is 24.0 Å². The van der Waals surface area contributed by atoms with Gasteiger partial charge in [0.1, 0.15) is 0 Å². The van der Waals surface area contributed by atoms with Crippen LogP contribution < -0.4 is 5.32 Å². The molecule has 0 spiro atoms. The van der Waals surface area contributed by atoms with E-state index in [4.69, 9.17) is 5.10 Å². The zero-order valence-electron chi connectivity index (χ0n) is 15.8. The molecule has 1 aromatic carbocycles. The van der Waals surface area contributed by atoms with Crippen LogP contribution in [-0.4, -0.2) is 20.7 Å². The lowest BCUT2D eigenvalue weighted by Gasteiger charge is -2.14. The quantitative estimate of drug-likeness (QED) is 0.653. The number of hydrogen-bond donors (Lipinski definition) is 1. The fourth-order valence-electron chi connectivity index (χ4n) is 3.67. The molecule has 28 heavy (non-hydrogen) atoms. The van der Waals surface area contributed by atoms with Crippen LogP contribution in [0.4, 0.5) is 0 Å². The van der Waals surface area contributed by atoms with E-state index in [9.17, 15) is 4.79 Å². The molecule has 0 saturated heterocycles. The highest BCUT2D eigenvalue weighted by atomic mass is 16.1. The molecule has 2 aromatic heterocycles. The van der Waals surface area contributed by atoms with E-state index in [2.05, 4.69) is 21.0 Å². The Morgan fingerprint density at radius 3 is 2.61 bits per heavy atom. The van der Waals surface area contributed by atoms with Crippen LogP contribution in [0.5, 0.6) is 0 Å². The van der Waals surface area contributed by atoms with E-state index >= 15 is 0 Å². The van der Waals surface area contributed by atoms with E-state index in [1.165, 1.54) is 12.8 Å². The van der Waals surface area contributed by atoms with Gasteiger partial charge in [-0.1, -0.05) is 43.2 Å². The molecular weight excluding hydrogens is 348 g/mol. The number of carbonyl (C=O) groups excluding carboxylic acids is 1. The van der Waals surface area contributed by atoms with Crippen LogP contribution in [0.3, 0.4) is 0 Å². The van der Waals surface area contributed by atoms with Crippen molar-refractivity contribution in [3.63, 3.8) is 0 Å². The minimum absolute atomic E-state index is 0.121. The second-order valence-corrected chi connectivity index (χ2v) is 7.10. The monoisotopic (exact) mass is 372 g/mol. The van der Waals surface area contributed by atoms with Gasteiger partial charge in [-0.15, -0.1) is 0 Å². The van der Waals surface area contributed by atoms with Crippen LogP contribution in [0.2, 0.25) is 0 Å². The summed E-state index contributed by atoms with van der Waals surface area (Å²) in [6, 6.07) is 16.3. The highest BCUT2D eigenvalue weighted by molar-refractivity contribution is 5.91. The summed E-state index contributed by atoms with van der Waals surface area (Å²) in [5, 5.41) is 7.75. The predicted molar refractivity (Wildman–Crippen MR) is 110 cm³/mol. The van der Waals surface area contributed by atoms with E-state index in [0.29, 0.717) is 12.6 Å². The summed E-state index contributed by atoms with van der Waals surface area (Å²) in [6.45, 7) is 0.412. The standard InChI is InChI=1S/C23H24N4O/c28-23(11-10-18-6-2-1-3-7-18)25-17-20-16-22(19-12-14-24-15-13-19)27(26-20)21-8-4-5-9-21/h1-3,6-7,10-16,21H,4-5,8-9,17H2,(H,25,28). The van der Waals surface area contributed by atoms with Crippen molar-refractivity contribution in [2.45, 2.75) is 38.3 Å². The largest absolute Gasteiger partial charge is 0.347 e. The molecule has 2 heterocycles. The lowest BCUT2D eigenvalue weighted by atomic mass is 10.1. The van der Waals surface area contributed by atoms with Gasteiger partial charge in [-0.2, -0.15) is 5.10 Å². The first-order chi connectivity index (χ1) is 13.8. The summed E-state index contributed by atoms with van der Waals surface area (Å²) in [7, 11) is 0. The van der Waals surface area contributed by atoms with Crippen molar-refractivity contribution in [2.75, 3.05) is 0 Å². The topological polar surface area (TPSA) is 59.8 Å². The van der Waals surface area contributed by atoms with Crippen LogP contribution >= 0.6 is 0 Å². The number of nitrogens with one attached hydrogen (secondary N) is 1. The van der Waals surface area contributed by atoms with E-state index in [1.54, 1.807) is 18.5 Å². The van der Waals surface area contributed by atoms with Gasteiger partial charge in [0.25, 0.3) is 0 Å². The molecule has 1 aliphatic rings. The number of aromatic nitrogens is 3. The Morgan fingerprint density at radius 1 is 1.11 bits per heavy atom. The zero-order valence-corrected chi connectivity index (χ0v) is 15.8. The average molecular weight is 372 g/mol. The van der Waals surface area contributed by atoms with Crippen molar-refractivity contribution in [2.24, 2.45) is 0 Å². The molecule has 1 aliphatic carbocycles. The highest BCUT2D eigenvalue weighted by Gasteiger charge is 2.22. The highest BCUT2D eigenvalue weighted by Crippen LogP contribution is 2.33. The van der Waals surface area contributed by atoms with E-state index in [-0.39, 0.29) is 5.91 Å². The Morgan fingerprint density at radius 2 is 1.86 bits per heavy atom. The second-order valence-electron chi connectivity index (χ2n) is 7.10. The maximum absolute atomic E-state index is 12.2. The molecular formula is C23H24N4O. The molecule has 1 fully saturated rings. The molecule has 5 nitrogen and oxygen atoms in total. The number of nitrogens with zero attached hydrogens (tertiary/aromatic N) is 3. The number of hydrogen-bond acceptors (Lipinski definition) is 3. The number of rotatable bonds is 6. The van der Waals surface area contributed by atoms with Crippen LogP contribution in [0.25, 0.3) is 17.3 Å². The second kappa shape index (κ2) is 8.65. The molecule has 0 radical (unpaired) electrons. The Kier molecular flexibility index (Phi) is 5.61. The molecule has 1 amide bonds. The first kappa shape index (κ1) is 18.2. The van der Waals surface area contributed by atoms with Gasteiger partial charge >= 0.3 is 0 Å². The van der Waals surface area contributed by atoms with Crippen molar-refractivity contribution in [1.29, 1.82) is 0 Å². The molecule has 0 bridgehead atoms. The number of pyridine rings is 1. The summed E-state index contributed by atoms with van der Waals surface area (Å²) in [4.78, 5) is 16.3. The third-order valence-electron chi connectivity index (χ3n) is 5.10. The molecule has 5 heteroatoms. The number of amides is 1. The third kappa shape index (κ3) is 4.36. The maximum atomic E-state index is 12.2. The van der Waals surface area contributed by atoms with E-state index < -0.39 is 0 Å². The zero-order chi connectivity index (χ0) is 19.2. The Balaban J connectivity index is 1.47. The minimum atomic E-state index is -0.121. The summed E-state index contributed by atoms with van der Waals surface area (Å²) in [6.07, 6.45) is 11.8. The summed E-state index contributed by atoms with van der Waals surface area (Å²) in [5.41, 5.74) is 4.08. The first-order valence-electron chi connectivity index (χ1n) is 9.79. The smallest absolute Gasteiger partial charge is 0.244 e. The van der Waals surface area contributed by atoms with Gasteiger partial charge in [-0.25, -0.2) is 0 Å². The Bertz CT molecular complexity index is 941. The Hall–Kier alpha value is -3.21. The van der Waals surface area contributed by atoms with Gasteiger partial charge in [0.15, 0.2) is 0 Å². The summed E-state index contributed by atoms with van der Waals surface area (Å²) < 4.78 is 2.14. The predicted octanol–water partition coefficient (Wildman–Crippen LogP) is 4.39. The van der Waals surface area contributed by atoms with Crippen molar-refractivity contribution in [3.05, 3.63) is 78.3 Å². The average Bonchev–Trinajstić information content (AvgIpc) is 3.42. The summed E-state index contributed by atoms with van der Waals surface area (Å²) in [5.74, 6) is -0.121. The maximum Gasteiger partial charge on any atom is 0.244 e. The number of carbonyl (C=O) groups is 1. The normalized spacial score (nSPS) is 14.6. The van der Waals surface area contributed by atoms with Crippen molar-refractivity contribution >= 4 is 12.0 Å². The van der Waals surface area contributed by atoms with E-state index in [0.717, 1.165) is 35.4 Å². The third-order valence-corrected chi connectivity index (χ3v) is 5.10. The van der Waals surface area contributed by atoms with E-state index in [1.807, 2.05) is 48.5 Å². The Labute approximate surface area is 165 Å². The van der Waals surface area contributed by atoms with Gasteiger partial charge in [0.05, 0.1) is 24.0 Å². The van der Waals surface area contributed by atoms with Gasteiger partial charge in [-0.3, -0.25) is 14.5 Å². The molecule has 1 N–H and O–H groups in total. The fraction of sp³-hybridized carbons (Fsp3) is 0.261. The lowest BCUT2D eigenvalue weighted by Crippen LogP contribution is -2.20. The lowest BCUT2D eigenvalue weighted by molar-refractivity contribution is -0.116. The molecule has 1 saturated carbocycles. The van der Waals surface area contributed by atoms with Gasteiger partial charge < -0.3 is 5.32 Å². The van der Waals surface area contributed by atoms with Gasteiger partial charge in [-0.05, 0) is 42.7 Å². The molecule has 4 rings (SSSR count). The van der Waals surface area contributed by atoms with Crippen LogP contribution in [0, 0.1) is 0 Å².